The molecule has 1 N–H and O–H groups in total. The van der Waals surface area contributed by atoms with Crippen molar-refractivity contribution < 1.29 is 9.90 Å². The van der Waals surface area contributed by atoms with E-state index < -0.39 is 6.10 Å². The molecule has 1 aliphatic rings. The van der Waals surface area contributed by atoms with Crippen molar-refractivity contribution in [3.05, 3.63) is 192 Å². The maximum Gasteiger partial charge on any atom is 0.192 e. The minimum Gasteiger partial charge on any atom is -0.383 e. The van der Waals surface area contributed by atoms with E-state index in [1.807, 2.05) is 54.6 Å². The molecule has 0 aromatic heterocycles. The van der Waals surface area contributed by atoms with E-state index in [2.05, 4.69) is 126 Å². The number of hydrogen-bond donors (Lipinski definition) is 1. The van der Waals surface area contributed by atoms with Crippen molar-refractivity contribution in [2.45, 2.75) is 6.10 Å². The highest BCUT2D eigenvalue weighted by atomic mass is 16.3. The van der Waals surface area contributed by atoms with E-state index in [4.69, 9.17) is 0 Å². The van der Waals surface area contributed by atoms with Gasteiger partial charge in [0.2, 0.25) is 0 Å². The fourth-order valence-electron chi connectivity index (χ4n) is 7.15. The van der Waals surface area contributed by atoms with Gasteiger partial charge < -0.3 is 10.0 Å². The van der Waals surface area contributed by atoms with E-state index in [0.717, 1.165) is 49.7 Å². The number of hydrogen-bond acceptors (Lipinski definition) is 3. The highest BCUT2D eigenvalue weighted by Crippen LogP contribution is 2.41. The molecular formula is C46H31NO2. The summed E-state index contributed by atoms with van der Waals surface area (Å²) in [5.41, 5.74) is 8.04. The first-order valence-corrected chi connectivity index (χ1v) is 16.5. The highest BCUT2D eigenvalue weighted by molar-refractivity contribution is 6.18. The molecule has 0 saturated heterocycles. The van der Waals surface area contributed by atoms with E-state index >= 15 is 0 Å². The van der Waals surface area contributed by atoms with Crippen LogP contribution in [0.4, 0.5) is 17.1 Å². The second-order valence-electron chi connectivity index (χ2n) is 12.7. The van der Waals surface area contributed by atoms with Gasteiger partial charge in [-0.25, -0.2) is 0 Å². The van der Waals surface area contributed by atoms with Gasteiger partial charge in [-0.2, -0.15) is 0 Å². The highest BCUT2D eigenvalue weighted by Gasteiger charge is 2.33. The van der Waals surface area contributed by atoms with Crippen LogP contribution in [0.5, 0.6) is 0 Å². The lowest BCUT2D eigenvalue weighted by molar-refractivity contribution is 0.102. The van der Waals surface area contributed by atoms with E-state index in [-0.39, 0.29) is 5.78 Å². The minimum absolute atomic E-state index is 0.118. The zero-order chi connectivity index (χ0) is 32.9. The van der Waals surface area contributed by atoms with Crippen LogP contribution >= 0.6 is 0 Å². The van der Waals surface area contributed by atoms with Crippen LogP contribution in [-0.4, -0.2) is 10.9 Å². The van der Waals surface area contributed by atoms with Crippen molar-refractivity contribution in [2.24, 2.45) is 0 Å². The smallest absolute Gasteiger partial charge is 0.192 e. The number of carbonyl (C=O) groups is 1. The summed E-state index contributed by atoms with van der Waals surface area (Å²) in [4.78, 5) is 15.8. The number of Topliss-reactive ketones (excluding diaryl/α,β-unsaturated/α-hetero) is 1. The second kappa shape index (κ2) is 11.7. The molecule has 0 fully saturated rings. The van der Waals surface area contributed by atoms with Crippen LogP contribution in [0.3, 0.4) is 0 Å². The number of fused-ring (bicyclic) bond motifs is 4. The zero-order valence-corrected chi connectivity index (χ0v) is 26.6. The van der Waals surface area contributed by atoms with Crippen molar-refractivity contribution in [3.8, 4) is 11.1 Å². The number of benzene rings is 8. The third-order valence-electron chi connectivity index (χ3n) is 9.64. The fraction of sp³-hybridized carbons (Fsp3) is 0.0217. The molecule has 0 aliphatic heterocycles. The van der Waals surface area contributed by atoms with Gasteiger partial charge in [-0.3, -0.25) is 4.79 Å². The topological polar surface area (TPSA) is 40.5 Å². The summed E-state index contributed by atoms with van der Waals surface area (Å²) < 4.78 is 0. The van der Waals surface area contributed by atoms with Crippen LogP contribution in [0.1, 0.15) is 27.6 Å². The lowest BCUT2D eigenvalue weighted by Gasteiger charge is -2.27. The van der Waals surface area contributed by atoms with E-state index in [9.17, 15) is 9.90 Å². The van der Waals surface area contributed by atoms with Crippen LogP contribution in [0.2, 0.25) is 0 Å². The van der Waals surface area contributed by atoms with Gasteiger partial charge in [0.05, 0.1) is 0 Å². The molecule has 232 valence electrons. The predicted molar refractivity (Wildman–Crippen MR) is 203 cm³/mol. The Hall–Kier alpha value is -6.29. The summed E-state index contributed by atoms with van der Waals surface area (Å²) in [5.74, 6) is -0.118. The third-order valence-corrected chi connectivity index (χ3v) is 9.64. The van der Waals surface area contributed by atoms with E-state index in [1.165, 1.54) is 16.3 Å². The first kappa shape index (κ1) is 28.9. The number of nitrogens with zero attached hydrogens (tertiary/aromatic N) is 1. The van der Waals surface area contributed by atoms with Crippen LogP contribution < -0.4 is 4.90 Å². The summed E-state index contributed by atoms with van der Waals surface area (Å²) in [7, 11) is 0. The van der Waals surface area contributed by atoms with Crippen LogP contribution in [0.25, 0.3) is 49.5 Å². The normalized spacial score (nSPS) is 14.9. The average molecular weight is 630 g/mol. The average Bonchev–Trinajstić information content (AvgIpc) is 3.38. The Balaban J connectivity index is 1.11. The van der Waals surface area contributed by atoms with Gasteiger partial charge in [-0.05, 0) is 115 Å². The molecule has 1 atom stereocenters. The molecule has 0 saturated carbocycles. The Bertz CT molecular complexity index is 2600. The maximum absolute atomic E-state index is 13.5. The molecule has 8 aromatic carbocycles. The third kappa shape index (κ3) is 5.18. The first-order valence-electron chi connectivity index (χ1n) is 16.5. The maximum atomic E-state index is 13.5. The molecular weight excluding hydrogens is 599 g/mol. The lowest BCUT2D eigenvalue weighted by atomic mass is 10.0. The van der Waals surface area contributed by atoms with Crippen LogP contribution in [0.15, 0.2) is 175 Å². The van der Waals surface area contributed by atoms with Gasteiger partial charge in [-0.15, -0.1) is 0 Å². The number of rotatable bonds is 5. The van der Waals surface area contributed by atoms with Gasteiger partial charge in [0.25, 0.3) is 0 Å². The Kier molecular flexibility index (Phi) is 6.93. The summed E-state index contributed by atoms with van der Waals surface area (Å²) in [5, 5.41) is 17.7. The molecule has 0 heterocycles. The van der Waals surface area contributed by atoms with E-state index in [0.29, 0.717) is 16.7 Å². The molecule has 49 heavy (non-hydrogen) atoms. The molecule has 0 amide bonds. The molecule has 3 nitrogen and oxygen atoms in total. The van der Waals surface area contributed by atoms with Gasteiger partial charge in [0.15, 0.2) is 5.78 Å². The van der Waals surface area contributed by atoms with E-state index in [1.54, 1.807) is 0 Å². The van der Waals surface area contributed by atoms with Gasteiger partial charge in [-0.1, -0.05) is 115 Å². The monoisotopic (exact) mass is 629 g/mol. The Morgan fingerprint density at radius 1 is 0.469 bits per heavy atom. The number of aliphatic hydroxyl groups excluding tert-OH is 1. The van der Waals surface area contributed by atoms with Crippen molar-refractivity contribution in [3.63, 3.8) is 0 Å². The Morgan fingerprint density at radius 2 is 1.02 bits per heavy atom. The molecule has 0 bridgehead atoms. The second-order valence-corrected chi connectivity index (χ2v) is 12.7. The summed E-state index contributed by atoms with van der Waals surface area (Å²) in [6.07, 6.45) is 0.883. The standard InChI is InChI=1S/C46H31NO2/c48-45-42-28-35-13-6-7-14-36(35)29-43(42)46(49)44(45)24-30-17-18-38-27-41(22-20-37(38)23-30)47(40-21-19-32-11-4-5-12-33(32)26-40)39-16-8-15-34(25-39)31-9-2-1-3-10-31/h1-29,45,48H/b44-24-. The molecule has 0 spiro atoms. The van der Waals surface area contributed by atoms with Gasteiger partial charge in [0.1, 0.15) is 6.10 Å². The van der Waals surface area contributed by atoms with Crippen LogP contribution in [0, 0.1) is 0 Å². The van der Waals surface area contributed by atoms with Crippen LogP contribution in [-0.2, 0) is 0 Å². The lowest BCUT2D eigenvalue weighted by Crippen LogP contribution is -2.10. The summed E-state index contributed by atoms with van der Waals surface area (Å²) in [6, 6.07) is 58.7. The number of carbonyl (C=O) groups excluding carboxylic acids is 1. The van der Waals surface area contributed by atoms with Crippen molar-refractivity contribution in [1.29, 1.82) is 0 Å². The predicted octanol–water partition coefficient (Wildman–Crippen LogP) is 11.6. The number of aliphatic hydroxyl groups is 1. The summed E-state index contributed by atoms with van der Waals surface area (Å²) >= 11 is 0. The zero-order valence-electron chi connectivity index (χ0n) is 26.6. The Labute approximate surface area is 284 Å². The van der Waals surface area contributed by atoms with Crippen molar-refractivity contribution >= 4 is 61.2 Å². The molecule has 0 radical (unpaired) electrons. The summed E-state index contributed by atoms with van der Waals surface area (Å²) in [6.45, 7) is 0. The van der Waals surface area contributed by atoms with Crippen molar-refractivity contribution in [1.82, 2.24) is 0 Å². The van der Waals surface area contributed by atoms with Crippen molar-refractivity contribution in [2.75, 3.05) is 4.90 Å². The molecule has 3 heteroatoms. The van der Waals surface area contributed by atoms with Gasteiger partial charge >= 0.3 is 0 Å². The molecule has 1 unspecified atom stereocenters. The first-order chi connectivity index (χ1) is 24.1. The number of anilines is 3. The minimum atomic E-state index is -0.952. The molecule has 1 aliphatic carbocycles. The molecule has 8 aromatic rings. The quantitative estimate of drug-likeness (QED) is 0.193. The van der Waals surface area contributed by atoms with Gasteiger partial charge in [0, 0.05) is 28.2 Å². The SMILES string of the molecule is O=C1/C(=C\c2ccc3cc(N(c4cccc(-c5ccccc5)c4)c4ccc5ccccc5c4)ccc3c2)C(O)c2cc3ccccc3cc21. The number of ketones is 1. The largest absolute Gasteiger partial charge is 0.383 e. The Morgan fingerprint density at radius 3 is 1.78 bits per heavy atom. The fourth-order valence-corrected chi connectivity index (χ4v) is 7.15. The molecule has 9 rings (SSSR count).